The number of hydrogen-bond donors (Lipinski definition) is 4. The summed E-state index contributed by atoms with van der Waals surface area (Å²) in [4.78, 5) is 23.6. The van der Waals surface area contributed by atoms with Crippen molar-refractivity contribution in [3.8, 4) is 0 Å². The van der Waals surface area contributed by atoms with Crippen molar-refractivity contribution in [1.82, 2.24) is 10.9 Å². The Kier molecular flexibility index (Phi) is 4.88. The van der Waals surface area contributed by atoms with Gasteiger partial charge in [0.15, 0.2) is 0 Å². The van der Waals surface area contributed by atoms with Gasteiger partial charge in [-0.2, -0.15) is 0 Å². The number of carbonyl (C=O) groups is 2. The minimum atomic E-state index is -0.429. The predicted molar refractivity (Wildman–Crippen MR) is 91.8 cm³/mol. The van der Waals surface area contributed by atoms with Crippen LogP contribution < -0.4 is 21.9 Å². The lowest BCUT2D eigenvalue weighted by Crippen LogP contribution is -2.39. The summed E-state index contributed by atoms with van der Waals surface area (Å²) < 4.78 is 0. The third kappa shape index (κ3) is 3.79. The maximum Gasteiger partial charge on any atom is 0.242 e. The number of rotatable bonds is 5. The minimum Gasteiger partial charge on any atom is -0.369 e. The molecule has 6 heteroatoms. The van der Waals surface area contributed by atoms with Crippen LogP contribution >= 0.6 is 0 Å². The van der Waals surface area contributed by atoms with E-state index in [1.54, 1.807) is 12.1 Å². The van der Waals surface area contributed by atoms with Gasteiger partial charge in [0.25, 0.3) is 0 Å². The molecule has 2 amide bonds. The molecule has 2 atom stereocenters. The van der Waals surface area contributed by atoms with E-state index >= 15 is 0 Å². The number of anilines is 1. The number of carbonyl (C=O) groups excluding carboxylic acids is 2. The van der Waals surface area contributed by atoms with Gasteiger partial charge in [0.2, 0.25) is 11.8 Å². The molecule has 0 saturated carbocycles. The zero-order valence-corrected chi connectivity index (χ0v) is 13.2. The van der Waals surface area contributed by atoms with Crippen LogP contribution in [0.25, 0.3) is 0 Å². The molecule has 124 valence electrons. The predicted octanol–water partition coefficient (Wildman–Crippen LogP) is 1.26. The summed E-state index contributed by atoms with van der Waals surface area (Å²) in [6.45, 7) is 0. The van der Waals surface area contributed by atoms with Crippen LogP contribution in [0, 0.1) is 0 Å². The van der Waals surface area contributed by atoms with Crippen molar-refractivity contribution in [2.24, 2.45) is 5.73 Å². The standard InChI is InChI=1S/C18H20N4O2/c19-17(23)10-13-8-4-5-9-14(13)20-18(24)16-11-15(21-22-16)12-6-2-1-3-7-12/h1-9,15-16,21-22H,10-11H2,(H2,19,23)(H,20,24). The fourth-order valence-electron chi connectivity index (χ4n) is 2.84. The Morgan fingerprint density at radius 1 is 1.04 bits per heavy atom. The highest BCUT2D eigenvalue weighted by atomic mass is 16.2. The normalized spacial score (nSPS) is 19.8. The smallest absolute Gasteiger partial charge is 0.242 e. The first-order chi connectivity index (χ1) is 11.6. The van der Waals surface area contributed by atoms with E-state index < -0.39 is 5.91 Å². The average Bonchev–Trinajstić information content (AvgIpc) is 3.07. The second-order valence-corrected chi connectivity index (χ2v) is 5.83. The molecule has 0 bridgehead atoms. The number of para-hydroxylation sites is 1. The van der Waals surface area contributed by atoms with Gasteiger partial charge in [0, 0.05) is 11.7 Å². The first-order valence-corrected chi connectivity index (χ1v) is 7.86. The maximum atomic E-state index is 12.5. The van der Waals surface area contributed by atoms with Crippen LogP contribution in [0.2, 0.25) is 0 Å². The molecular formula is C18H20N4O2. The van der Waals surface area contributed by atoms with E-state index in [1.165, 1.54) is 0 Å². The van der Waals surface area contributed by atoms with Crippen molar-refractivity contribution in [2.75, 3.05) is 5.32 Å². The molecule has 2 unspecified atom stereocenters. The van der Waals surface area contributed by atoms with Crippen LogP contribution in [0.15, 0.2) is 54.6 Å². The molecule has 1 aliphatic heterocycles. The Labute approximate surface area is 140 Å². The molecule has 6 nitrogen and oxygen atoms in total. The number of primary amides is 1. The Balaban J connectivity index is 1.65. The zero-order valence-electron chi connectivity index (χ0n) is 13.2. The Hall–Kier alpha value is -2.70. The average molecular weight is 324 g/mol. The molecule has 2 aromatic rings. The number of amides is 2. The van der Waals surface area contributed by atoms with Crippen molar-refractivity contribution >= 4 is 17.5 Å². The third-order valence-corrected chi connectivity index (χ3v) is 4.06. The molecule has 24 heavy (non-hydrogen) atoms. The molecule has 0 spiro atoms. The lowest BCUT2D eigenvalue weighted by Gasteiger charge is -2.13. The van der Waals surface area contributed by atoms with Gasteiger partial charge in [-0.25, -0.2) is 10.9 Å². The van der Waals surface area contributed by atoms with Crippen LogP contribution in [0.4, 0.5) is 5.69 Å². The van der Waals surface area contributed by atoms with Crippen molar-refractivity contribution in [3.63, 3.8) is 0 Å². The Morgan fingerprint density at radius 3 is 2.50 bits per heavy atom. The molecule has 0 radical (unpaired) electrons. The molecule has 5 N–H and O–H groups in total. The highest BCUT2D eigenvalue weighted by molar-refractivity contribution is 5.96. The molecule has 1 fully saturated rings. The lowest BCUT2D eigenvalue weighted by molar-refractivity contribution is -0.118. The first-order valence-electron chi connectivity index (χ1n) is 7.86. The molecular weight excluding hydrogens is 304 g/mol. The maximum absolute atomic E-state index is 12.5. The molecule has 2 aromatic carbocycles. The number of hydrazine groups is 1. The van der Waals surface area contributed by atoms with Crippen molar-refractivity contribution in [1.29, 1.82) is 0 Å². The molecule has 3 rings (SSSR count). The quantitative estimate of drug-likeness (QED) is 0.666. The van der Waals surface area contributed by atoms with Crippen LogP contribution in [0.1, 0.15) is 23.6 Å². The van der Waals surface area contributed by atoms with E-state index in [9.17, 15) is 9.59 Å². The van der Waals surface area contributed by atoms with Crippen LogP contribution in [-0.2, 0) is 16.0 Å². The summed E-state index contributed by atoms with van der Waals surface area (Å²) in [7, 11) is 0. The van der Waals surface area contributed by atoms with Crippen LogP contribution in [0.3, 0.4) is 0 Å². The summed E-state index contributed by atoms with van der Waals surface area (Å²) >= 11 is 0. The molecule has 0 aliphatic carbocycles. The Morgan fingerprint density at radius 2 is 1.75 bits per heavy atom. The van der Waals surface area contributed by atoms with E-state index in [0.29, 0.717) is 17.7 Å². The summed E-state index contributed by atoms with van der Waals surface area (Å²) in [5.74, 6) is -0.570. The largest absolute Gasteiger partial charge is 0.369 e. The second kappa shape index (κ2) is 7.25. The third-order valence-electron chi connectivity index (χ3n) is 4.06. The van der Waals surface area contributed by atoms with Gasteiger partial charge in [0.1, 0.15) is 6.04 Å². The SMILES string of the molecule is NC(=O)Cc1ccccc1NC(=O)C1CC(c2ccccc2)NN1. The van der Waals surface area contributed by atoms with Crippen molar-refractivity contribution in [2.45, 2.75) is 24.9 Å². The summed E-state index contributed by atoms with van der Waals surface area (Å²) in [5.41, 5.74) is 13.9. The monoisotopic (exact) mass is 324 g/mol. The van der Waals surface area contributed by atoms with E-state index in [4.69, 9.17) is 5.73 Å². The van der Waals surface area contributed by atoms with Gasteiger partial charge in [-0.15, -0.1) is 0 Å². The van der Waals surface area contributed by atoms with Crippen molar-refractivity contribution < 1.29 is 9.59 Å². The topological polar surface area (TPSA) is 96.2 Å². The van der Waals surface area contributed by atoms with Crippen LogP contribution in [-0.4, -0.2) is 17.9 Å². The molecule has 0 aromatic heterocycles. The lowest BCUT2D eigenvalue weighted by atomic mass is 10.0. The van der Waals surface area contributed by atoms with E-state index in [1.807, 2.05) is 42.5 Å². The Bertz CT molecular complexity index is 733. The number of nitrogens with two attached hydrogens (primary N) is 1. The number of nitrogens with one attached hydrogen (secondary N) is 3. The minimum absolute atomic E-state index is 0.0859. The number of benzene rings is 2. The van der Waals surface area contributed by atoms with Crippen molar-refractivity contribution in [3.05, 3.63) is 65.7 Å². The van der Waals surface area contributed by atoms with Gasteiger partial charge >= 0.3 is 0 Å². The molecule has 1 aliphatic rings. The second-order valence-electron chi connectivity index (χ2n) is 5.83. The van der Waals surface area contributed by atoms with Gasteiger partial charge in [-0.1, -0.05) is 48.5 Å². The highest BCUT2D eigenvalue weighted by Gasteiger charge is 2.30. The van der Waals surface area contributed by atoms with E-state index in [2.05, 4.69) is 16.2 Å². The highest BCUT2D eigenvalue weighted by Crippen LogP contribution is 2.23. The molecule has 1 heterocycles. The fourth-order valence-corrected chi connectivity index (χ4v) is 2.84. The fraction of sp³-hybridized carbons (Fsp3) is 0.222. The van der Waals surface area contributed by atoms with Gasteiger partial charge in [-0.3, -0.25) is 9.59 Å². The van der Waals surface area contributed by atoms with Gasteiger partial charge < -0.3 is 11.1 Å². The van der Waals surface area contributed by atoms with Gasteiger partial charge in [-0.05, 0) is 23.6 Å². The van der Waals surface area contributed by atoms with Crippen LogP contribution in [0.5, 0.6) is 0 Å². The number of hydrogen-bond acceptors (Lipinski definition) is 4. The molecule has 1 saturated heterocycles. The van der Waals surface area contributed by atoms with E-state index in [-0.39, 0.29) is 24.4 Å². The van der Waals surface area contributed by atoms with Gasteiger partial charge in [0.05, 0.1) is 6.42 Å². The summed E-state index contributed by atoms with van der Waals surface area (Å²) in [6.07, 6.45) is 0.743. The summed E-state index contributed by atoms with van der Waals surface area (Å²) in [6, 6.07) is 16.9. The first kappa shape index (κ1) is 16.2. The van der Waals surface area contributed by atoms with E-state index in [0.717, 1.165) is 5.56 Å². The summed E-state index contributed by atoms with van der Waals surface area (Å²) in [5, 5.41) is 2.88. The zero-order chi connectivity index (χ0) is 16.9.